The molecular formula is C20H24N6OS. The number of thiazole rings is 1. The Balaban J connectivity index is 1.43. The molecule has 3 aromatic heterocycles. The highest BCUT2D eigenvalue weighted by molar-refractivity contribution is 7.09. The third-order valence-corrected chi connectivity index (χ3v) is 6.12. The lowest BCUT2D eigenvalue weighted by atomic mass is 10.2. The number of aromatic nitrogens is 4. The number of nitrogens with one attached hydrogen (secondary N) is 1. The van der Waals surface area contributed by atoms with Crippen molar-refractivity contribution in [3.63, 3.8) is 0 Å². The van der Waals surface area contributed by atoms with Crippen LogP contribution in [0.1, 0.15) is 30.6 Å². The molecule has 8 heteroatoms. The maximum Gasteiger partial charge on any atom is 0.251 e. The number of aromatic amines is 1. The number of anilines is 1. The minimum absolute atomic E-state index is 0.128. The molecule has 0 radical (unpaired) electrons. The zero-order valence-electron chi connectivity index (χ0n) is 16.1. The highest BCUT2D eigenvalue weighted by Crippen LogP contribution is 2.25. The number of nitrogens with zero attached hydrogens (tertiary/aromatic N) is 5. The molecule has 0 bridgehead atoms. The molecule has 1 aliphatic heterocycles. The number of rotatable bonds is 5. The van der Waals surface area contributed by atoms with Crippen molar-refractivity contribution in [2.75, 3.05) is 31.1 Å². The predicted octanol–water partition coefficient (Wildman–Crippen LogP) is 2.73. The van der Waals surface area contributed by atoms with Gasteiger partial charge in [0, 0.05) is 61.3 Å². The first-order chi connectivity index (χ1) is 13.6. The molecule has 0 spiro atoms. The van der Waals surface area contributed by atoms with Gasteiger partial charge in [0.25, 0.3) is 5.56 Å². The van der Waals surface area contributed by atoms with E-state index in [2.05, 4.69) is 36.7 Å². The molecule has 1 aliphatic rings. The van der Waals surface area contributed by atoms with E-state index in [1.165, 1.54) is 11.1 Å². The van der Waals surface area contributed by atoms with E-state index in [9.17, 15) is 4.79 Å². The maximum absolute atomic E-state index is 11.8. The van der Waals surface area contributed by atoms with Gasteiger partial charge in [-0.3, -0.25) is 9.69 Å². The van der Waals surface area contributed by atoms with Gasteiger partial charge in [0.2, 0.25) is 0 Å². The second-order valence-corrected chi connectivity index (χ2v) is 7.84. The zero-order valence-corrected chi connectivity index (χ0v) is 16.9. The van der Waals surface area contributed by atoms with Gasteiger partial charge in [0.05, 0.1) is 6.04 Å². The van der Waals surface area contributed by atoms with Crippen molar-refractivity contribution in [1.82, 2.24) is 24.8 Å². The fourth-order valence-electron chi connectivity index (χ4n) is 3.47. The van der Waals surface area contributed by atoms with Crippen LogP contribution < -0.4 is 10.5 Å². The molecule has 7 nitrogen and oxygen atoms in total. The predicted molar refractivity (Wildman–Crippen MR) is 112 cm³/mol. The molecule has 1 saturated heterocycles. The molecule has 1 N–H and O–H groups in total. The minimum atomic E-state index is -0.128. The number of hydrogen-bond donors (Lipinski definition) is 1. The summed E-state index contributed by atoms with van der Waals surface area (Å²) in [4.78, 5) is 32.9. The van der Waals surface area contributed by atoms with Crippen LogP contribution in [0.3, 0.4) is 0 Å². The van der Waals surface area contributed by atoms with E-state index >= 15 is 0 Å². The summed E-state index contributed by atoms with van der Waals surface area (Å²) in [5.41, 5.74) is 1.48. The molecule has 0 saturated carbocycles. The molecule has 1 unspecified atom stereocenters. The van der Waals surface area contributed by atoms with Gasteiger partial charge in [-0.15, -0.1) is 11.3 Å². The summed E-state index contributed by atoms with van der Waals surface area (Å²) in [5, 5.41) is 3.21. The van der Waals surface area contributed by atoms with Crippen LogP contribution in [0, 0.1) is 0 Å². The van der Waals surface area contributed by atoms with Gasteiger partial charge in [-0.2, -0.15) is 0 Å². The standard InChI is InChI=1S/C20H24N6OS/c1-3-16-12-18(27)24-19(23-16)15-4-5-17(22-13-15)26-9-7-25(8-10-26)14(2)20-21-6-11-28-20/h4-6,11-14H,3,7-10H2,1-2H3,(H,23,24,27). The Bertz CT molecular complexity index is 961. The molecule has 28 heavy (non-hydrogen) atoms. The molecule has 146 valence electrons. The van der Waals surface area contributed by atoms with Gasteiger partial charge >= 0.3 is 0 Å². The lowest BCUT2D eigenvalue weighted by Crippen LogP contribution is -2.47. The first kappa shape index (κ1) is 18.8. The first-order valence-electron chi connectivity index (χ1n) is 9.59. The van der Waals surface area contributed by atoms with Crippen LogP contribution >= 0.6 is 11.3 Å². The van der Waals surface area contributed by atoms with Crippen molar-refractivity contribution < 1.29 is 0 Å². The van der Waals surface area contributed by atoms with Gasteiger partial charge in [-0.05, 0) is 25.5 Å². The molecule has 4 rings (SSSR count). The minimum Gasteiger partial charge on any atom is -0.354 e. The smallest absolute Gasteiger partial charge is 0.251 e. The molecule has 1 atom stereocenters. The number of hydrogen-bond acceptors (Lipinski definition) is 7. The second-order valence-electron chi connectivity index (χ2n) is 6.91. The summed E-state index contributed by atoms with van der Waals surface area (Å²) >= 11 is 1.72. The maximum atomic E-state index is 11.8. The fraction of sp³-hybridized carbons (Fsp3) is 0.400. The SMILES string of the molecule is CCc1cc(=O)[nH]c(-c2ccc(N3CCN(C(C)c4nccs4)CC3)nc2)n1. The van der Waals surface area contributed by atoms with E-state index in [4.69, 9.17) is 0 Å². The molecule has 0 amide bonds. The van der Waals surface area contributed by atoms with Gasteiger partial charge in [-0.25, -0.2) is 15.0 Å². The third-order valence-electron chi connectivity index (χ3n) is 5.17. The molecular weight excluding hydrogens is 372 g/mol. The van der Waals surface area contributed by atoms with E-state index in [0.717, 1.165) is 49.7 Å². The van der Waals surface area contributed by atoms with E-state index < -0.39 is 0 Å². The summed E-state index contributed by atoms with van der Waals surface area (Å²) in [7, 11) is 0. The fourth-order valence-corrected chi connectivity index (χ4v) is 4.20. The number of aryl methyl sites for hydroxylation is 1. The summed E-state index contributed by atoms with van der Waals surface area (Å²) in [6.45, 7) is 8.04. The van der Waals surface area contributed by atoms with Gasteiger partial charge < -0.3 is 9.88 Å². The Kier molecular flexibility index (Phi) is 5.50. The van der Waals surface area contributed by atoms with Crippen LogP contribution in [0.5, 0.6) is 0 Å². The van der Waals surface area contributed by atoms with Crippen molar-refractivity contribution in [2.45, 2.75) is 26.3 Å². The van der Waals surface area contributed by atoms with Gasteiger partial charge in [0.1, 0.15) is 16.6 Å². The summed E-state index contributed by atoms with van der Waals surface area (Å²) in [5.74, 6) is 1.53. The van der Waals surface area contributed by atoms with Crippen molar-refractivity contribution in [3.05, 3.63) is 57.0 Å². The Hall–Kier alpha value is -2.58. The van der Waals surface area contributed by atoms with Crippen molar-refractivity contribution >= 4 is 17.2 Å². The molecule has 1 fully saturated rings. The summed E-state index contributed by atoms with van der Waals surface area (Å²) < 4.78 is 0. The van der Waals surface area contributed by atoms with Crippen molar-refractivity contribution in [2.24, 2.45) is 0 Å². The van der Waals surface area contributed by atoms with Crippen LogP contribution in [0.25, 0.3) is 11.4 Å². The van der Waals surface area contributed by atoms with Crippen LogP contribution in [0.4, 0.5) is 5.82 Å². The summed E-state index contributed by atoms with van der Waals surface area (Å²) in [6, 6.07) is 5.88. The normalized spacial score (nSPS) is 16.3. The van der Waals surface area contributed by atoms with Crippen molar-refractivity contribution in [1.29, 1.82) is 0 Å². The van der Waals surface area contributed by atoms with Crippen LogP contribution in [0.15, 0.2) is 40.8 Å². The summed E-state index contributed by atoms with van der Waals surface area (Å²) in [6.07, 6.45) is 4.39. The second kappa shape index (κ2) is 8.20. The van der Waals surface area contributed by atoms with Gasteiger partial charge in [-0.1, -0.05) is 6.92 Å². The van der Waals surface area contributed by atoms with E-state index in [1.54, 1.807) is 17.5 Å². The monoisotopic (exact) mass is 396 g/mol. The average Bonchev–Trinajstić information content (AvgIpc) is 3.28. The molecule has 0 aromatic carbocycles. The average molecular weight is 397 g/mol. The zero-order chi connectivity index (χ0) is 19.5. The van der Waals surface area contributed by atoms with E-state index in [1.807, 2.05) is 30.6 Å². The largest absolute Gasteiger partial charge is 0.354 e. The molecule has 4 heterocycles. The highest BCUT2D eigenvalue weighted by Gasteiger charge is 2.24. The Labute approximate surface area is 168 Å². The number of pyridine rings is 1. The van der Waals surface area contributed by atoms with Gasteiger partial charge in [0.15, 0.2) is 0 Å². The van der Waals surface area contributed by atoms with Crippen molar-refractivity contribution in [3.8, 4) is 11.4 Å². The Morgan fingerprint density at radius 3 is 2.68 bits per heavy atom. The third kappa shape index (κ3) is 3.98. The van der Waals surface area contributed by atoms with E-state index in [-0.39, 0.29) is 5.56 Å². The highest BCUT2D eigenvalue weighted by atomic mass is 32.1. The Morgan fingerprint density at radius 1 is 1.21 bits per heavy atom. The molecule has 3 aromatic rings. The molecule has 0 aliphatic carbocycles. The quantitative estimate of drug-likeness (QED) is 0.714. The lowest BCUT2D eigenvalue weighted by molar-refractivity contribution is 0.198. The lowest BCUT2D eigenvalue weighted by Gasteiger charge is -2.38. The number of piperazine rings is 1. The van der Waals surface area contributed by atoms with Crippen LogP contribution in [-0.2, 0) is 6.42 Å². The Morgan fingerprint density at radius 2 is 2.04 bits per heavy atom. The first-order valence-corrected chi connectivity index (χ1v) is 10.5. The van der Waals surface area contributed by atoms with Crippen LogP contribution in [-0.4, -0.2) is 51.0 Å². The number of H-pyrrole nitrogens is 1. The van der Waals surface area contributed by atoms with Crippen LogP contribution in [0.2, 0.25) is 0 Å². The van der Waals surface area contributed by atoms with E-state index in [0.29, 0.717) is 11.9 Å². The topological polar surface area (TPSA) is 78.0 Å².